The van der Waals surface area contributed by atoms with E-state index in [9.17, 15) is 63.2 Å². The first-order valence-corrected chi connectivity index (χ1v) is 44.9. The summed E-state index contributed by atoms with van der Waals surface area (Å²) in [6.45, 7) is 6.21. The molecule has 38 nitrogen and oxygen atoms in total. The minimum atomic E-state index is -2.05. The number of aliphatic carboxylic acids is 1. The summed E-state index contributed by atoms with van der Waals surface area (Å²) in [5, 5.41) is 67.3. The highest BCUT2D eigenvalue weighted by Crippen LogP contribution is 2.29. The van der Waals surface area contributed by atoms with E-state index < -0.39 is 278 Å². The van der Waals surface area contributed by atoms with E-state index in [1.165, 1.54) is 59.3 Å². The largest absolute Gasteiger partial charge is 0.508 e. The number of H-pyrrole nitrogens is 1. The van der Waals surface area contributed by atoms with E-state index in [4.69, 9.17) is 11.5 Å². The summed E-state index contributed by atoms with van der Waals surface area (Å²) in [7, 11) is 3.66. The van der Waals surface area contributed by atoms with Crippen LogP contribution < -0.4 is 59.3 Å². The normalized spacial score (nSPS) is 24.7. The Balaban J connectivity index is 1.14. The number of aliphatic hydroxyl groups is 2. The summed E-state index contributed by atoms with van der Waals surface area (Å²) in [5.41, 5.74) is 13.4. The third-order valence-electron chi connectivity index (χ3n) is 23.4. The van der Waals surface area contributed by atoms with Gasteiger partial charge in [-0.2, -0.15) is 0 Å². The molecule has 15 atom stereocenters. The molecule has 5 aromatic carbocycles. The number of phenols is 1. The fourth-order valence-corrected chi connectivity index (χ4v) is 17.1. The van der Waals surface area contributed by atoms with E-state index in [0.717, 1.165) is 42.7 Å². The number of likely N-dealkylation sites (N-methyl/N-ethyl adjacent to an activating group) is 3. The molecule has 0 radical (unpaired) electrons. The van der Waals surface area contributed by atoms with Crippen LogP contribution in [0.15, 0.2) is 134 Å². The lowest BCUT2D eigenvalue weighted by molar-refractivity contribution is -0.152. The van der Waals surface area contributed by atoms with Gasteiger partial charge in [0.05, 0.1) is 37.3 Å². The van der Waals surface area contributed by atoms with Gasteiger partial charge >= 0.3 is 5.97 Å². The van der Waals surface area contributed by atoms with Gasteiger partial charge in [-0.1, -0.05) is 145 Å². The smallest absolute Gasteiger partial charge is 0.305 e. The number of phenolic OH excluding ortho intramolecular Hbond substituents is 1. The molecule has 18 N–H and O–H groups in total. The Morgan fingerprint density at radius 1 is 0.504 bits per heavy atom. The highest BCUT2D eigenvalue weighted by molar-refractivity contribution is 8.00. The van der Waals surface area contributed by atoms with Gasteiger partial charge in [0.15, 0.2) is 11.6 Å². The number of nitrogens with zero attached hydrogens (tertiary/aromatic N) is 5. The number of primary amides is 2. The Labute approximate surface area is 770 Å². The van der Waals surface area contributed by atoms with Crippen LogP contribution in [0.3, 0.4) is 0 Å². The zero-order chi connectivity index (χ0) is 97.4. The minimum absolute atomic E-state index is 0.0332. The van der Waals surface area contributed by atoms with Gasteiger partial charge < -0.3 is 109 Å². The third-order valence-corrected chi connectivity index (χ3v) is 24.4. The predicted molar refractivity (Wildman–Crippen MR) is 481 cm³/mol. The number of halogens is 2. The number of carboxylic acid groups (broad SMARTS) is 1. The van der Waals surface area contributed by atoms with Gasteiger partial charge in [-0.15, -0.1) is 11.8 Å². The van der Waals surface area contributed by atoms with E-state index in [1.807, 2.05) is 0 Å². The predicted octanol–water partition coefficient (Wildman–Crippen LogP) is -0.461. The van der Waals surface area contributed by atoms with E-state index in [2.05, 4.69) is 52.8 Å². The number of para-hydroxylation sites is 1. The number of thioether (sulfide) groups is 1. The Kier molecular flexibility index (Phi) is 37.4. The maximum absolute atomic E-state index is 15.7. The fraction of sp³-hybridized carbons (Fsp3) is 0.467. The fourth-order valence-electron chi connectivity index (χ4n) is 16.3. The monoisotopic (exact) mass is 1870 g/mol. The van der Waals surface area contributed by atoms with E-state index in [0.29, 0.717) is 51.3 Å². The molecule has 0 saturated carbocycles. The van der Waals surface area contributed by atoms with E-state index in [-0.39, 0.29) is 56.3 Å². The van der Waals surface area contributed by atoms with Crippen molar-refractivity contribution in [2.45, 2.75) is 209 Å². The van der Waals surface area contributed by atoms with Crippen molar-refractivity contribution in [3.8, 4) is 5.75 Å². The molecule has 716 valence electrons. The molecule has 0 aliphatic carbocycles. The lowest BCUT2D eigenvalue weighted by atomic mass is 9.98. The van der Waals surface area contributed by atoms with Crippen molar-refractivity contribution in [1.82, 2.24) is 77.3 Å². The molecule has 41 heteroatoms. The standard InChI is InChI=1S/C92H117F2N17O21S/c1-9-10-25-70-91(131)111-46-58(114)40-73(111)87(127)103-66(42-78(118)119)84(124)106-79(50(4)5)92(132)108(7)71(36-51-19-13-11-14-20-51)85(125)104-68(41-75(95)115)89(129)110-45-57(113)39-72(110)86(126)102-65(38-55-43-97-62-24-18-17-23-59(55)62)83(123)101-64(34-53-26-29-56(112)30-27-53)82(122)100-63(32-49(2)3)81(121)105-69(80(120)98-44-76(96)116)47-133-48-77(117)99-67(35-54-28-31-60(93)61(94)33-54)88(128)109(8)74(90(130)107(70)6)37-52-21-15-12-16-22-52/h11-24,26-31,33,43,49-50,57-58,63-74,79,97,112-114H,9-10,25,32,34-42,44-48H2,1-8H3,(H2,95,115)(H2,96,116)(H,98,120)(H,99,117)(H,100,122)(H,101,123)(H,102,126)(H,103,127)(H,104,125)(H,105,121)(H,106,124)(H,118,119)/t57-,58-,63-,64+,65+,66+,67-,68+,69+,70+,71+,72-,73-,74+,79+/m1/s1. The minimum Gasteiger partial charge on any atom is -0.508 e. The molecule has 3 aliphatic rings. The molecule has 3 saturated heterocycles. The number of carbonyl (C=O) groups excluding carboxylic acids is 16. The van der Waals surface area contributed by atoms with E-state index in [1.54, 1.807) is 112 Å². The molecule has 3 aliphatic heterocycles. The van der Waals surface area contributed by atoms with Crippen molar-refractivity contribution in [2.24, 2.45) is 23.3 Å². The number of benzene rings is 5. The SMILES string of the molecule is CCCC[C@H]1C(=O)N2C[C@H](O)C[C@@H]2C(=O)N[C@@H](CC(=O)O)C(=O)N[C@@H](C(C)C)C(=O)N(C)[C@@H](Cc2ccccc2)C(=O)N[C@@H](CC(N)=O)C(=O)N2C[C@H](O)C[C@@H]2C(=O)N[C@@H](Cc2c[nH]c3ccccc23)C(=O)N[C@@H](Cc2ccc(O)cc2)C(=O)N[C@H](CC(C)C)C(=O)N[C@H](C(=O)NCC(N)=O)CSCC(=O)N[C@H](Cc2ccc(F)c(F)c2)C(=O)N(C)[C@@H](Cc2ccccc2)C(=O)N1C. The Morgan fingerprint density at radius 3 is 1.59 bits per heavy atom. The van der Waals surface area contributed by atoms with Crippen LogP contribution in [-0.4, -0.2) is 293 Å². The van der Waals surface area contributed by atoms with Crippen LogP contribution in [0.25, 0.3) is 10.9 Å². The van der Waals surface area contributed by atoms with Crippen LogP contribution in [0.1, 0.15) is 114 Å². The second-order valence-corrected chi connectivity index (χ2v) is 35.4. The number of fused-ring (bicyclic) bond motifs is 3. The Bertz CT molecular complexity index is 5210. The summed E-state index contributed by atoms with van der Waals surface area (Å²) in [6.07, 6.45) is -6.04. The summed E-state index contributed by atoms with van der Waals surface area (Å²) in [6, 6.07) is 9.07. The molecule has 16 amide bonds. The Hall–Kier alpha value is -13.4. The summed E-state index contributed by atoms with van der Waals surface area (Å²) >= 11 is 0.699. The number of aromatic hydroxyl groups is 1. The number of carbonyl (C=O) groups is 17. The average Bonchev–Trinajstić information content (AvgIpc) is 1.76. The second-order valence-electron chi connectivity index (χ2n) is 34.4. The van der Waals surface area contributed by atoms with Gasteiger partial charge in [0.25, 0.3) is 0 Å². The van der Waals surface area contributed by atoms with Crippen molar-refractivity contribution < 1.29 is 111 Å². The van der Waals surface area contributed by atoms with Crippen molar-refractivity contribution in [1.29, 1.82) is 0 Å². The number of unbranched alkanes of at least 4 members (excludes halogenated alkanes) is 1. The van der Waals surface area contributed by atoms with Gasteiger partial charge in [0, 0.05) is 102 Å². The van der Waals surface area contributed by atoms with Crippen LogP contribution in [0.4, 0.5) is 8.78 Å². The number of aliphatic hydroxyl groups excluding tert-OH is 2. The van der Waals surface area contributed by atoms with Crippen LogP contribution in [0.5, 0.6) is 5.75 Å². The second kappa shape index (κ2) is 48.1. The lowest BCUT2D eigenvalue weighted by Gasteiger charge is -2.38. The summed E-state index contributed by atoms with van der Waals surface area (Å²) in [4.78, 5) is 258. The van der Waals surface area contributed by atoms with Crippen LogP contribution in [0.2, 0.25) is 0 Å². The van der Waals surface area contributed by atoms with Crippen molar-refractivity contribution in [3.63, 3.8) is 0 Å². The van der Waals surface area contributed by atoms with Crippen molar-refractivity contribution in [2.75, 3.05) is 52.3 Å². The van der Waals surface area contributed by atoms with Crippen molar-refractivity contribution >= 4 is 123 Å². The molecule has 1 aromatic heterocycles. The molecule has 133 heavy (non-hydrogen) atoms. The molecule has 6 aromatic rings. The van der Waals surface area contributed by atoms with Gasteiger partial charge in [-0.25, -0.2) is 8.78 Å². The van der Waals surface area contributed by atoms with Crippen LogP contribution >= 0.6 is 11.8 Å². The molecular formula is C92H117F2N17O21S. The first kappa shape index (κ1) is 103. The molecular weight excluding hydrogens is 1750 g/mol. The van der Waals surface area contributed by atoms with Gasteiger partial charge in [0.2, 0.25) is 94.5 Å². The van der Waals surface area contributed by atoms with Gasteiger partial charge in [-0.3, -0.25) is 81.5 Å². The molecule has 9 rings (SSSR count). The third kappa shape index (κ3) is 28.8. The zero-order valence-electron chi connectivity index (χ0n) is 75.0. The van der Waals surface area contributed by atoms with Gasteiger partial charge in [-0.05, 0) is 82.8 Å². The molecule has 0 bridgehead atoms. The maximum Gasteiger partial charge on any atom is 0.305 e. The van der Waals surface area contributed by atoms with Crippen LogP contribution in [0, 0.1) is 23.5 Å². The number of carboxylic acids is 1. The zero-order valence-corrected chi connectivity index (χ0v) is 75.8. The highest BCUT2D eigenvalue weighted by Gasteiger charge is 2.48. The number of rotatable bonds is 23. The van der Waals surface area contributed by atoms with Crippen LogP contribution in [-0.2, 0) is 114 Å². The number of aromatic nitrogens is 1. The number of aromatic amines is 1. The lowest BCUT2D eigenvalue weighted by Crippen LogP contribution is -2.62. The summed E-state index contributed by atoms with van der Waals surface area (Å²) in [5.74, 6) is -23.9. The van der Waals surface area contributed by atoms with Crippen molar-refractivity contribution in [3.05, 3.63) is 173 Å². The maximum atomic E-state index is 15.7. The molecule has 0 spiro atoms. The first-order chi connectivity index (χ1) is 63.1. The van der Waals surface area contributed by atoms with E-state index >= 15 is 47.5 Å². The molecule has 4 heterocycles. The highest BCUT2D eigenvalue weighted by atomic mass is 32.2. The number of hydrogen-bond donors (Lipinski definition) is 16. The topological polar surface area (TPSA) is 563 Å². The average molecular weight is 1870 g/mol. The Morgan fingerprint density at radius 2 is 1.02 bits per heavy atom. The number of amides is 16. The number of nitrogens with one attached hydrogen (secondary N) is 10. The molecule has 3 fully saturated rings. The van der Waals surface area contributed by atoms with Gasteiger partial charge in [0.1, 0.15) is 84.3 Å². The summed E-state index contributed by atoms with van der Waals surface area (Å²) < 4.78 is 29.8. The number of hydrogen-bond acceptors (Lipinski definition) is 21. The quantitative estimate of drug-likeness (QED) is 0.0386. The first-order valence-electron chi connectivity index (χ1n) is 43.8. The molecule has 0 unspecified atom stereocenters. The number of nitrogens with two attached hydrogens (primary N) is 2.